The van der Waals surface area contributed by atoms with E-state index in [-0.39, 0.29) is 24.0 Å². The topological polar surface area (TPSA) is 49.6 Å². The monoisotopic (exact) mass is 423 g/mol. The first-order valence-electron chi connectivity index (χ1n) is 7.01. The molecule has 0 atom stereocenters. The molecule has 0 aromatic carbocycles. The summed E-state index contributed by atoms with van der Waals surface area (Å²) in [6.07, 6.45) is 8.86. The van der Waals surface area contributed by atoms with Crippen molar-refractivity contribution in [3.8, 4) is 0 Å². The number of rotatable bonds is 10. The van der Waals surface area contributed by atoms with Crippen molar-refractivity contribution >= 4 is 41.7 Å². The third-order valence-electron chi connectivity index (χ3n) is 2.68. The lowest BCUT2D eigenvalue weighted by molar-refractivity contribution is 0.507. The van der Waals surface area contributed by atoms with Crippen molar-refractivity contribution in [2.45, 2.75) is 19.3 Å². The molecule has 0 unspecified atom stereocenters. The highest BCUT2D eigenvalue weighted by atomic mass is 127. The summed E-state index contributed by atoms with van der Waals surface area (Å²) in [7, 11) is 0. The molecule has 0 aliphatic heterocycles. The number of unbranched alkanes of at least 4 members (excludes halogenated alkanes) is 1. The van der Waals surface area contributed by atoms with Crippen LogP contribution in [0.15, 0.2) is 40.5 Å². The van der Waals surface area contributed by atoms with Gasteiger partial charge in [-0.25, -0.2) is 0 Å². The molecular formula is C15H26IN3OS. The van der Waals surface area contributed by atoms with Gasteiger partial charge in [-0.05, 0) is 37.0 Å². The van der Waals surface area contributed by atoms with Gasteiger partial charge in [0.1, 0.15) is 5.76 Å². The van der Waals surface area contributed by atoms with Gasteiger partial charge in [0.25, 0.3) is 0 Å². The van der Waals surface area contributed by atoms with Crippen LogP contribution in [0.4, 0.5) is 0 Å². The maximum Gasteiger partial charge on any atom is 0.191 e. The summed E-state index contributed by atoms with van der Waals surface area (Å²) in [5.41, 5.74) is 0. The lowest BCUT2D eigenvalue weighted by Crippen LogP contribution is -2.38. The van der Waals surface area contributed by atoms with E-state index in [9.17, 15) is 0 Å². The summed E-state index contributed by atoms with van der Waals surface area (Å²) in [6.45, 7) is 6.09. The lowest BCUT2D eigenvalue weighted by Gasteiger charge is -2.10. The van der Waals surface area contributed by atoms with Crippen LogP contribution in [0.3, 0.4) is 0 Å². The number of hydrogen-bond donors (Lipinski definition) is 2. The normalized spacial score (nSPS) is 10.8. The van der Waals surface area contributed by atoms with Crippen molar-refractivity contribution in [1.29, 1.82) is 0 Å². The Kier molecular flexibility index (Phi) is 13.9. The molecule has 0 fully saturated rings. The molecule has 0 radical (unpaired) electrons. The quantitative estimate of drug-likeness (QED) is 0.199. The van der Waals surface area contributed by atoms with Crippen LogP contribution in [-0.4, -0.2) is 37.6 Å². The summed E-state index contributed by atoms with van der Waals surface area (Å²) >= 11 is 1.88. The maximum absolute atomic E-state index is 5.30. The first-order chi connectivity index (χ1) is 9.86. The van der Waals surface area contributed by atoms with Gasteiger partial charge in [0, 0.05) is 26.1 Å². The van der Waals surface area contributed by atoms with Crippen LogP contribution in [0.25, 0.3) is 0 Å². The number of hydrogen-bond acceptors (Lipinski definition) is 3. The van der Waals surface area contributed by atoms with Crippen LogP contribution < -0.4 is 10.6 Å². The minimum atomic E-state index is 0. The number of guanidine groups is 1. The molecule has 6 heteroatoms. The van der Waals surface area contributed by atoms with Gasteiger partial charge < -0.3 is 15.1 Å². The largest absolute Gasteiger partial charge is 0.469 e. The van der Waals surface area contributed by atoms with Crippen molar-refractivity contribution in [2.75, 3.05) is 31.6 Å². The Morgan fingerprint density at radius 1 is 1.43 bits per heavy atom. The molecule has 0 saturated heterocycles. The fourth-order valence-electron chi connectivity index (χ4n) is 1.65. The number of furan rings is 1. The molecule has 0 amide bonds. The molecule has 0 bridgehead atoms. The summed E-state index contributed by atoms with van der Waals surface area (Å²) in [4.78, 5) is 4.56. The van der Waals surface area contributed by atoms with Gasteiger partial charge in [-0.1, -0.05) is 6.08 Å². The summed E-state index contributed by atoms with van der Waals surface area (Å²) < 4.78 is 5.30. The van der Waals surface area contributed by atoms with Crippen molar-refractivity contribution < 1.29 is 4.42 Å². The highest BCUT2D eigenvalue weighted by Gasteiger charge is 1.99. The SMILES string of the molecule is C=CCNC(=NCCCCSC)NCCc1ccco1.I. The highest BCUT2D eigenvalue weighted by molar-refractivity contribution is 14.0. The summed E-state index contributed by atoms with van der Waals surface area (Å²) in [5.74, 6) is 3.04. The predicted octanol–water partition coefficient (Wildman–Crippen LogP) is 3.30. The van der Waals surface area contributed by atoms with E-state index in [4.69, 9.17) is 4.42 Å². The van der Waals surface area contributed by atoms with Crippen molar-refractivity contribution in [1.82, 2.24) is 10.6 Å². The van der Waals surface area contributed by atoms with Crippen LogP contribution in [0.5, 0.6) is 0 Å². The van der Waals surface area contributed by atoms with Gasteiger partial charge in [-0.15, -0.1) is 30.6 Å². The van der Waals surface area contributed by atoms with E-state index < -0.39 is 0 Å². The van der Waals surface area contributed by atoms with Crippen molar-refractivity contribution in [2.24, 2.45) is 4.99 Å². The fraction of sp³-hybridized carbons (Fsp3) is 0.533. The molecule has 0 saturated carbocycles. The van der Waals surface area contributed by atoms with Gasteiger partial charge >= 0.3 is 0 Å². The molecule has 0 aliphatic rings. The Balaban J connectivity index is 0.00000400. The van der Waals surface area contributed by atoms with Crippen molar-refractivity contribution in [3.63, 3.8) is 0 Å². The lowest BCUT2D eigenvalue weighted by atomic mass is 10.3. The summed E-state index contributed by atoms with van der Waals surface area (Å²) in [6, 6.07) is 3.89. The molecule has 2 N–H and O–H groups in total. The van der Waals surface area contributed by atoms with E-state index >= 15 is 0 Å². The van der Waals surface area contributed by atoms with Crippen LogP contribution in [0.1, 0.15) is 18.6 Å². The Bertz CT molecular complexity index is 382. The van der Waals surface area contributed by atoms with Gasteiger partial charge in [0.2, 0.25) is 0 Å². The van der Waals surface area contributed by atoms with E-state index in [2.05, 4.69) is 28.5 Å². The van der Waals surface area contributed by atoms with E-state index in [1.165, 1.54) is 12.2 Å². The van der Waals surface area contributed by atoms with Crippen LogP contribution >= 0.6 is 35.7 Å². The molecular weight excluding hydrogens is 397 g/mol. The fourth-order valence-corrected chi connectivity index (χ4v) is 2.14. The van der Waals surface area contributed by atoms with Crippen LogP contribution in [-0.2, 0) is 6.42 Å². The van der Waals surface area contributed by atoms with Gasteiger partial charge in [-0.3, -0.25) is 4.99 Å². The molecule has 0 spiro atoms. The van der Waals surface area contributed by atoms with E-state index in [1.807, 2.05) is 30.0 Å². The molecule has 1 heterocycles. The van der Waals surface area contributed by atoms with E-state index in [0.29, 0.717) is 0 Å². The average molecular weight is 423 g/mol. The Morgan fingerprint density at radius 3 is 2.95 bits per heavy atom. The number of nitrogens with one attached hydrogen (secondary N) is 2. The Morgan fingerprint density at radius 2 is 2.29 bits per heavy atom. The third kappa shape index (κ3) is 10.7. The predicted molar refractivity (Wildman–Crippen MR) is 104 cm³/mol. The first kappa shape index (κ1) is 20.4. The minimum absolute atomic E-state index is 0. The molecule has 1 aromatic heterocycles. The standard InChI is InChI=1S/C15H25N3OS.HI/c1-3-9-16-15(17-10-4-5-13-20-2)18-11-8-14-7-6-12-19-14;/h3,6-7,12H,1,4-5,8-11,13H2,2H3,(H2,16,17,18);1H. The smallest absolute Gasteiger partial charge is 0.191 e. The number of halogens is 1. The number of aliphatic imine (C=N–C) groups is 1. The zero-order valence-corrected chi connectivity index (χ0v) is 15.8. The molecule has 21 heavy (non-hydrogen) atoms. The van der Waals surface area contributed by atoms with Crippen molar-refractivity contribution in [3.05, 3.63) is 36.8 Å². The maximum atomic E-state index is 5.30. The number of thioether (sulfide) groups is 1. The third-order valence-corrected chi connectivity index (χ3v) is 3.38. The van der Waals surface area contributed by atoms with Gasteiger partial charge in [0.15, 0.2) is 5.96 Å². The second kappa shape index (κ2) is 14.3. The van der Waals surface area contributed by atoms with E-state index in [0.717, 1.165) is 44.2 Å². The minimum Gasteiger partial charge on any atom is -0.469 e. The zero-order chi connectivity index (χ0) is 14.5. The highest BCUT2D eigenvalue weighted by Crippen LogP contribution is 2.00. The number of nitrogens with zero attached hydrogens (tertiary/aromatic N) is 1. The van der Waals surface area contributed by atoms with E-state index in [1.54, 1.807) is 6.26 Å². The second-order valence-electron chi connectivity index (χ2n) is 4.36. The Hall–Kier alpha value is -0.630. The first-order valence-corrected chi connectivity index (χ1v) is 8.40. The second-order valence-corrected chi connectivity index (χ2v) is 5.34. The van der Waals surface area contributed by atoms with Gasteiger partial charge in [-0.2, -0.15) is 11.8 Å². The molecule has 0 aliphatic carbocycles. The molecule has 1 aromatic rings. The molecule has 1 rings (SSSR count). The Labute approximate surface area is 149 Å². The zero-order valence-electron chi connectivity index (χ0n) is 12.6. The van der Waals surface area contributed by atoms with Crippen LogP contribution in [0.2, 0.25) is 0 Å². The summed E-state index contributed by atoms with van der Waals surface area (Å²) in [5, 5.41) is 6.54. The molecule has 4 nitrogen and oxygen atoms in total. The molecule has 120 valence electrons. The van der Waals surface area contributed by atoms with Crippen LogP contribution in [0, 0.1) is 0 Å². The van der Waals surface area contributed by atoms with Gasteiger partial charge in [0.05, 0.1) is 6.26 Å². The average Bonchev–Trinajstić information content (AvgIpc) is 2.97.